The molecule has 1 aromatic carbocycles. The first-order valence-electron chi connectivity index (χ1n) is 9.57. The summed E-state index contributed by atoms with van der Waals surface area (Å²) in [5.41, 5.74) is 0.747. The molecule has 7 heteroatoms. The molecule has 26 heavy (non-hydrogen) atoms. The number of hydrogen-bond acceptors (Lipinski definition) is 3. The number of anilines is 1. The molecule has 1 amide bonds. The first kappa shape index (κ1) is 19.3. The van der Waals surface area contributed by atoms with Crippen LogP contribution in [0.5, 0.6) is 0 Å². The number of benzene rings is 1. The minimum Gasteiger partial charge on any atom is -0.326 e. The second kappa shape index (κ2) is 8.50. The summed E-state index contributed by atoms with van der Waals surface area (Å²) in [5.74, 6) is -0.407. The van der Waals surface area contributed by atoms with E-state index in [-0.39, 0.29) is 24.4 Å². The molecule has 2 aliphatic rings. The highest BCUT2D eigenvalue weighted by Gasteiger charge is 2.37. The summed E-state index contributed by atoms with van der Waals surface area (Å²) < 4.78 is 29.1. The van der Waals surface area contributed by atoms with Crippen LogP contribution in [-0.4, -0.2) is 49.1 Å². The van der Waals surface area contributed by atoms with E-state index >= 15 is 0 Å². The Labute approximate surface area is 156 Å². The standard InChI is InChI=1S/C19H29N3O3S/c1-21(18-12-6-3-7-13-18)26(24,25)22-14-8-9-16(15-22)19(23)20-17-10-4-2-5-11-17/h2,4-5,10-11,16,18H,3,6-9,12-15H2,1H3,(H,20,23). The summed E-state index contributed by atoms with van der Waals surface area (Å²) in [6.45, 7) is 0.757. The summed E-state index contributed by atoms with van der Waals surface area (Å²) in [7, 11) is -1.82. The van der Waals surface area contributed by atoms with Gasteiger partial charge in [-0.25, -0.2) is 0 Å². The minimum absolute atomic E-state index is 0.0901. The van der Waals surface area contributed by atoms with E-state index in [1.807, 2.05) is 30.3 Å². The fraction of sp³-hybridized carbons (Fsp3) is 0.632. The lowest BCUT2D eigenvalue weighted by atomic mass is 9.96. The highest BCUT2D eigenvalue weighted by molar-refractivity contribution is 7.86. The molecule has 0 aromatic heterocycles. The first-order chi connectivity index (χ1) is 12.5. The van der Waals surface area contributed by atoms with E-state index in [1.54, 1.807) is 11.4 Å². The zero-order valence-corrected chi connectivity index (χ0v) is 16.2. The molecule has 1 saturated heterocycles. The number of hydrogen-bond donors (Lipinski definition) is 1. The van der Waals surface area contributed by atoms with Gasteiger partial charge < -0.3 is 5.32 Å². The molecule has 0 bridgehead atoms. The highest BCUT2D eigenvalue weighted by Crippen LogP contribution is 2.27. The molecule has 6 nitrogen and oxygen atoms in total. The Kier molecular flexibility index (Phi) is 6.32. The van der Waals surface area contributed by atoms with Crippen molar-refractivity contribution in [2.45, 2.75) is 51.0 Å². The van der Waals surface area contributed by atoms with Crippen molar-refractivity contribution in [2.75, 3.05) is 25.5 Å². The van der Waals surface area contributed by atoms with Gasteiger partial charge in [-0.2, -0.15) is 17.0 Å². The summed E-state index contributed by atoms with van der Waals surface area (Å²) in [5, 5.41) is 2.90. The van der Waals surface area contributed by atoms with E-state index in [1.165, 1.54) is 10.7 Å². The topological polar surface area (TPSA) is 69.7 Å². The summed E-state index contributed by atoms with van der Waals surface area (Å²) in [6, 6.07) is 9.40. The molecule has 1 unspecified atom stereocenters. The van der Waals surface area contributed by atoms with Gasteiger partial charge in [-0.1, -0.05) is 37.5 Å². The molecule has 1 aromatic rings. The van der Waals surface area contributed by atoms with Crippen LogP contribution in [0.3, 0.4) is 0 Å². The fourth-order valence-electron chi connectivity index (χ4n) is 3.95. The number of carbonyl (C=O) groups is 1. The number of nitrogens with zero attached hydrogens (tertiary/aromatic N) is 2. The van der Waals surface area contributed by atoms with Crippen molar-refractivity contribution in [1.29, 1.82) is 0 Å². The Morgan fingerprint density at radius 1 is 1.08 bits per heavy atom. The Bertz CT molecular complexity index is 702. The lowest BCUT2D eigenvalue weighted by Crippen LogP contribution is -2.51. The van der Waals surface area contributed by atoms with Crippen molar-refractivity contribution >= 4 is 21.8 Å². The first-order valence-corrected chi connectivity index (χ1v) is 11.0. The van der Waals surface area contributed by atoms with Crippen molar-refractivity contribution in [3.8, 4) is 0 Å². The maximum atomic E-state index is 13.0. The summed E-state index contributed by atoms with van der Waals surface area (Å²) >= 11 is 0. The number of piperidine rings is 1. The third-order valence-electron chi connectivity index (χ3n) is 5.58. The lowest BCUT2D eigenvalue weighted by molar-refractivity contribution is -0.120. The molecule has 144 valence electrons. The van der Waals surface area contributed by atoms with Gasteiger partial charge in [0, 0.05) is 31.9 Å². The number of nitrogens with one attached hydrogen (secondary N) is 1. The lowest BCUT2D eigenvalue weighted by Gasteiger charge is -2.37. The number of rotatable bonds is 5. The predicted molar refractivity (Wildman–Crippen MR) is 103 cm³/mol. The molecular weight excluding hydrogens is 350 g/mol. The quantitative estimate of drug-likeness (QED) is 0.855. The van der Waals surface area contributed by atoms with Gasteiger partial charge in [0.2, 0.25) is 5.91 Å². The Balaban J connectivity index is 1.64. The predicted octanol–water partition coefficient (Wildman–Crippen LogP) is 2.85. The van der Waals surface area contributed by atoms with E-state index < -0.39 is 10.2 Å². The second-order valence-electron chi connectivity index (χ2n) is 7.37. The van der Waals surface area contributed by atoms with Gasteiger partial charge >= 0.3 is 0 Å². The normalized spacial score (nSPS) is 23.1. The van der Waals surface area contributed by atoms with E-state index in [2.05, 4.69) is 5.32 Å². The van der Waals surface area contributed by atoms with Gasteiger partial charge in [-0.3, -0.25) is 4.79 Å². The van der Waals surface area contributed by atoms with Gasteiger partial charge in [0.25, 0.3) is 10.2 Å². The van der Waals surface area contributed by atoms with Gasteiger partial charge in [0.1, 0.15) is 0 Å². The zero-order chi connectivity index (χ0) is 18.6. The molecule has 1 saturated carbocycles. The smallest absolute Gasteiger partial charge is 0.281 e. The highest BCUT2D eigenvalue weighted by atomic mass is 32.2. The van der Waals surface area contributed by atoms with E-state index in [0.29, 0.717) is 13.0 Å². The van der Waals surface area contributed by atoms with Crippen LogP contribution in [0.4, 0.5) is 5.69 Å². The minimum atomic E-state index is -3.51. The molecule has 1 heterocycles. The Hall–Kier alpha value is -1.44. The molecule has 3 rings (SSSR count). The third-order valence-corrected chi connectivity index (χ3v) is 7.59. The molecule has 0 spiro atoms. The molecule has 1 aliphatic carbocycles. The van der Waals surface area contributed by atoms with Gasteiger partial charge in [-0.15, -0.1) is 0 Å². The molecule has 0 radical (unpaired) electrons. The van der Waals surface area contributed by atoms with Crippen LogP contribution in [0.25, 0.3) is 0 Å². The van der Waals surface area contributed by atoms with E-state index in [0.717, 1.165) is 37.8 Å². The van der Waals surface area contributed by atoms with Crippen LogP contribution in [0.15, 0.2) is 30.3 Å². The van der Waals surface area contributed by atoms with Gasteiger partial charge in [0.05, 0.1) is 5.92 Å². The molecule has 2 fully saturated rings. The van der Waals surface area contributed by atoms with E-state index in [9.17, 15) is 13.2 Å². The number of para-hydroxylation sites is 1. The van der Waals surface area contributed by atoms with Crippen LogP contribution in [0.1, 0.15) is 44.9 Å². The maximum Gasteiger partial charge on any atom is 0.281 e. The van der Waals surface area contributed by atoms with Crippen molar-refractivity contribution < 1.29 is 13.2 Å². The maximum absolute atomic E-state index is 13.0. The molecule has 1 N–H and O–H groups in total. The number of amides is 1. The number of carbonyl (C=O) groups excluding carboxylic acids is 1. The Morgan fingerprint density at radius 3 is 2.46 bits per heavy atom. The van der Waals surface area contributed by atoms with E-state index in [4.69, 9.17) is 0 Å². The van der Waals surface area contributed by atoms with Gasteiger partial charge in [-0.05, 0) is 37.8 Å². The van der Waals surface area contributed by atoms with Crippen LogP contribution in [-0.2, 0) is 15.0 Å². The zero-order valence-electron chi connectivity index (χ0n) is 15.4. The summed E-state index contributed by atoms with van der Waals surface area (Å²) in [6.07, 6.45) is 6.67. The van der Waals surface area contributed by atoms with Gasteiger partial charge in [0.15, 0.2) is 0 Å². The average Bonchev–Trinajstić information content (AvgIpc) is 2.69. The van der Waals surface area contributed by atoms with Crippen LogP contribution in [0.2, 0.25) is 0 Å². The van der Waals surface area contributed by atoms with Crippen LogP contribution < -0.4 is 5.32 Å². The van der Waals surface area contributed by atoms with Crippen molar-refractivity contribution in [3.63, 3.8) is 0 Å². The van der Waals surface area contributed by atoms with Crippen molar-refractivity contribution in [3.05, 3.63) is 30.3 Å². The second-order valence-corrected chi connectivity index (χ2v) is 9.36. The molecule has 1 atom stereocenters. The molecular formula is C19H29N3O3S. The third kappa shape index (κ3) is 4.45. The van der Waals surface area contributed by atoms with Crippen molar-refractivity contribution in [1.82, 2.24) is 8.61 Å². The Morgan fingerprint density at radius 2 is 1.77 bits per heavy atom. The monoisotopic (exact) mass is 379 g/mol. The van der Waals surface area contributed by atoms with Crippen LogP contribution >= 0.6 is 0 Å². The summed E-state index contributed by atoms with van der Waals surface area (Å²) in [4.78, 5) is 12.6. The average molecular weight is 380 g/mol. The SMILES string of the molecule is CN(C1CCCCC1)S(=O)(=O)N1CCCC(C(=O)Nc2ccccc2)C1. The molecule has 1 aliphatic heterocycles. The fourth-order valence-corrected chi connectivity index (χ4v) is 5.63. The largest absolute Gasteiger partial charge is 0.326 e. The van der Waals surface area contributed by atoms with Crippen LogP contribution in [0, 0.1) is 5.92 Å². The van der Waals surface area contributed by atoms with Crippen molar-refractivity contribution in [2.24, 2.45) is 5.92 Å².